The van der Waals surface area contributed by atoms with E-state index in [1.54, 1.807) is 9.58 Å². The number of nitrogens with zero attached hydrogens (tertiary/aromatic N) is 6. The van der Waals surface area contributed by atoms with Gasteiger partial charge in [-0.3, -0.25) is 9.59 Å². The highest BCUT2D eigenvalue weighted by molar-refractivity contribution is 8.00. The van der Waals surface area contributed by atoms with E-state index in [1.165, 1.54) is 23.5 Å². The molecule has 1 aromatic rings. The lowest BCUT2D eigenvalue weighted by molar-refractivity contribution is -0.155. The molecule has 3 atom stereocenters. The van der Waals surface area contributed by atoms with Crippen molar-refractivity contribution in [1.29, 1.82) is 0 Å². The van der Waals surface area contributed by atoms with Crippen molar-refractivity contribution < 1.29 is 14.7 Å². The molecule has 3 rings (SSSR count). The van der Waals surface area contributed by atoms with Crippen molar-refractivity contribution in [1.82, 2.24) is 30.0 Å². The molecule has 0 radical (unpaired) electrons. The van der Waals surface area contributed by atoms with E-state index >= 15 is 0 Å². The number of fused-ring (bicyclic) bond motifs is 1. The molecule has 2 fully saturated rings. The summed E-state index contributed by atoms with van der Waals surface area (Å²) in [5.41, 5.74) is 4.74. The third-order valence-corrected chi connectivity index (χ3v) is 7.23. The van der Waals surface area contributed by atoms with Gasteiger partial charge in [0.2, 0.25) is 11.1 Å². The molecule has 10 nitrogen and oxygen atoms in total. The Labute approximate surface area is 153 Å². The van der Waals surface area contributed by atoms with E-state index in [-0.39, 0.29) is 17.8 Å². The second-order valence-electron chi connectivity index (χ2n) is 6.56. The maximum absolute atomic E-state index is 11.9. The SMILES string of the molecule is CN(C)CCn1nnnc1SCC1(C(=O)O)CS[C@@H]2C(N)C(=O)N2C1. The average Bonchev–Trinajstić information content (AvgIpc) is 3.04. The highest BCUT2D eigenvalue weighted by Crippen LogP contribution is 2.43. The Hall–Kier alpha value is -1.37. The van der Waals surface area contributed by atoms with Gasteiger partial charge in [-0.25, -0.2) is 4.68 Å². The molecular formula is C13H21N7O3S2. The lowest BCUT2D eigenvalue weighted by atomic mass is 9.89. The first-order valence-corrected chi connectivity index (χ1v) is 9.82. The van der Waals surface area contributed by atoms with Crippen LogP contribution in [0, 0.1) is 5.41 Å². The van der Waals surface area contributed by atoms with Gasteiger partial charge in [-0.2, -0.15) is 0 Å². The fourth-order valence-corrected chi connectivity index (χ4v) is 5.46. The number of carboxylic acids is 1. The van der Waals surface area contributed by atoms with Crippen LogP contribution in [0.4, 0.5) is 0 Å². The van der Waals surface area contributed by atoms with E-state index in [0.29, 0.717) is 23.2 Å². The van der Waals surface area contributed by atoms with Gasteiger partial charge in [0.25, 0.3) is 0 Å². The topological polar surface area (TPSA) is 130 Å². The number of aromatic nitrogens is 4. The average molecular weight is 387 g/mol. The predicted octanol–water partition coefficient (Wildman–Crippen LogP) is -1.36. The molecule has 2 aliphatic heterocycles. The van der Waals surface area contributed by atoms with Crippen LogP contribution in [0.3, 0.4) is 0 Å². The number of amides is 1. The van der Waals surface area contributed by atoms with Gasteiger partial charge in [-0.05, 0) is 24.5 Å². The van der Waals surface area contributed by atoms with Crippen molar-refractivity contribution in [3.8, 4) is 0 Å². The molecule has 0 saturated carbocycles. The molecule has 25 heavy (non-hydrogen) atoms. The monoisotopic (exact) mass is 387 g/mol. The van der Waals surface area contributed by atoms with Gasteiger partial charge in [-0.1, -0.05) is 11.8 Å². The van der Waals surface area contributed by atoms with Crippen LogP contribution < -0.4 is 5.73 Å². The van der Waals surface area contributed by atoms with Crippen LogP contribution in [0.15, 0.2) is 5.16 Å². The third-order valence-electron chi connectivity index (χ3n) is 4.38. The standard InChI is InChI=1S/C13H21N7O3S2/c1-18(2)3-4-20-12(15-16-17-20)25-7-13(11(22)23)5-19-9(21)8(14)10(19)24-6-13/h8,10H,3-7,14H2,1-2H3,(H,22,23)/t8?,10-,13?/m1/s1. The van der Waals surface area contributed by atoms with Gasteiger partial charge < -0.3 is 20.6 Å². The lowest BCUT2D eigenvalue weighted by Crippen LogP contribution is -2.72. The van der Waals surface area contributed by atoms with Gasteiger partial charge >= 0.3 is 5.97 Å². The van der Waals surface area contributed by atoms with Crippen LogP contribution in [0.25, 0.3) is 0 Å². The smallest absolute Gasteiger partial charge is 0.313 e. The summed E-state index contributed by atoms with van der Waals surface area (Å²) in [6.07, 6.45) is 0. The number of hydrogen-bond acceptors (Lipinski definition) is 9. The second-order valence-corrected chi connectivity index (χ2v) is 8.60. The fraction of sp³-hybridized carbons (Fsp3) is 0.769. The largest absolute Gasteiger partial charge is 0.481 e. The minimum Gasteiger partial charge on any atom is -0.481 e. The molecule has 1 amide bonds. The van der Waals surface area contributed by atoms with Crippen LogP contribution in [0.2, 0.25) is 0 Å². The number of carboxylic acid groups (broad SMARTS) is 1. The fourth-order valence-electron chi connectivity index (χ4n) is 2.74. The normalized spacial score (nSPS) is 28.8. The molecule has 2 unspecified atom stereocenters. The van der Waals surface area contributed by atoms with Crippen molar-refractivity contribution in [2.45, 2.75) is 23.1 Å². The van der Waals surface area contributed by atoms with Crippen LogP contribution in [-0.2, 0) is 16.1 Å². The minimum atomic E-state index is -1.03. The van der Waals surface area contributed by atoms with Gasteiger partial charge in [0.05, 0.1) is 6.54 Å². The minimum absolute atomic E-state index is 0.101. The maximum Gasteiger partial charge on any atom is 0.313 e. The third kappa shape index (κ3) is 3.48. The summed E-state index contributed by atoms with van der Waals surface area (Å²) >= 11 is 2.75. The molecule has 12 heteroatoms. The number of hydrogen-bond donors (Lipinski definition) is 2. The number of aliphatic carboxylic acids is 1. The van der Waals surface area contributed by atoms with Crippen LogP contribution >= 0.6 is 23.5 Å². The Kier molecular flexibility index (Phi) is 5.23. The number of thioether (sulfide) groups is 2. The van der Waals surface area contributed by atoms with Crippen molar-refractivity contribution in [3.63, 3.8) is 0 Å². The van der Waals surface area contributed by atoms with E-state index in [0.717, 1.165) is 6.54 Å². The molecule has 2 aliphatic rings. The van der Waals surface area contributed by atoms with E-state index in [2.05, 4.69) is 15.5 Å². The molecular weight excluding hydrogens is 366 g/mol. The summed E-state index contributed by atoms with van der Waals surface area (Å²) in [4.78, 5) is 27.4. The molecule has 0 spiro atoms. The van der Waals surface area contributed by atoms with E-state index in [1.807, 2.05) is 19.0 Å². The Balaban J connectivity index is 1.67. The van der Waals surface area contributed by atoms with Gasteiger partial charge in [-0.15, -0.1) is 16.9 Å². The Bertz CT molecular complexity index is 670. The van der Waals surface area contributed by atoms with E-state index < -0.39 is 17.4 Å². The number of nitrogens with two attached hydrogens (primary N) is 1. The van der Waals surface area contributed by atoms with Crippen molar-refractivity contribution in [2.24, 2.45) is 11.1 Å². The Morgan fingerprint density at radius 1 is 1.56 bits per heavy atom. The molecule has 2 saturated heterocycles. The Morgan fingerprint density at radius 3 is 3.00 bits per heavy atom. The number of tetrazole rings is 1. The summed E-state index contributed by atoms with van der Waals surface area (Å²) in [7, 11) is 3.92. The highest BCUT2D eigenvalue weighted by atomic mass is 32.2. The number of carbonyl (C=O) groups is 2. The van der Waals surface area contributed by atoms with Crippen LogP contribution in [0.1, 0.15) is 0 Å². The highest BCUT2D eigenvalue weighted by Gasteiger charge is 2.55. The second kappa shape index (κ2) is 7.09. The summed E-state index contributed by atoms with van der Waals surface area (Å²) in [6, 6.07) is -0.511. The van der Waals surface area contributed by atoms with Crippen LogP contribution in [-0.4, -0.2) is 97.1 Å². The molecule has 0 aliphatic carbocycles. The molecule has 138 valence electrons. The number of likely N-dealkylation sites (N-methyl/N-ethyl adjacent to an activating group) is 1. The predicted molar refractivity (Wildman–Crippen MR) is 93.1 cm³/mol. The van der Waals surface area contributed by atoms with Crippen molar-refractivity contribution in [3.05, 3.63) is 0 Å². The molecule has 3 heterocycles. The summed E-state index contributed by atoms with van der Waals surface area (Å²) in [5.74, 6) is -0.379. The Morgan fingerprint density at radius 2 is 2.32 bits per heavy atom. The maximum atomic E-state index is 11.9. The van der Waals surface area contributed by atoms with Gasteiger partial charge in [0, 0.05) is 24.6 Å². The van der Waals surface area contributed by atoms with E-state index in [9.17, 15) is 14.7 Å². The molecule has 3 N–H and O–H groups in total. The quantitative estimate of drug-likeness (QED) is 0.427. The molecule has 1 aromatic heterocycles. The van der Waals surface area contributed by atoms with E-state index in [4.69, 9.17) is 5.73 Å². The lowest BCUT2D eigenvalue weighted by Gasteiger charge is -2.52. The zero-order valence-corrected chi connectivity index (χ0v) is 15.7. The zero-order chi connectivity index (χ0) is 18.2. The van der Waals surface area contributed by atoms with Crippen LogP contribution in [0.5, 0.6) is 0 Å². The van der Waals surface area contributed by atoms with Gasteiger partial charge in [0.15, 0.2) is 0 Å². The molecule has 0 bridgehead atoms. The van der Waals surface area contributed by atoms with Crippen molar-refractivity contribution >= 4 is 35.4 Å². The zero-order valence-electron chi connectivity index (χ0n) is 14.0. The number of carbonyl (C=O) groups excluding carboxylic acids is 1. The summed E-state index contributed by atoms with van der Waals surface area (Å²) in [6.45, 7) is 1.58. The van der Waals surface area contributed by atoms with Crippen molar-refractivity contribution in [2.75, 3.05) is 38.7 Å². The number of rotatable bonds is 7. The first-order valence-electron chi connectivity index (χ1n) is 7.79. The summed E-state index contributed by atoms with van der Waals surface area (Å²) in [5, 5.41) is 21.9. The first-order chi connectivity index (χ1) is 11.8. The summed E-state index contributed by atoms with van der Waals surface area (Å²) < 4.78 is 1.67. The number of β-lactam (4-membered cyclic amide) rings is 1. The first kappa shape index (κ1) is 18.4. The van der Waals surface area contributed by atoms with Gasteiger partial charge in [0.1, 0.15) is 16.8 Å². The molecule has 0 aromatic carbocycles.